The predicted molar refractivity (Wildman–Crippen MR) is 101 cm³/mol. The zero-order valence-corrected chi connectivity index (χ0v) is 15.4. The molecule has 140 valence electrons. The van der Waals surface area contributed by atoms with E-state index in [-0.39, 0.29) is 18.4 Å². The molecule has 1 atom stereocenters. The largest absolute Gasteiger partial charge is 0.450 e. The van der Waals surface area contributed by atoms with Crippen molar-refractivity contribution in [3.05, 3.63) is 65.0 Å². The van der Waals surface area contributed by atoms with Crippen LogP contribution in [0.15, 0.2) is 47.6 Å². The van der Waals surface area contributed by atoms with Crippen molar-refractivity contribution in [2.75, 3.05) is 6.61 Å². The number of carbonyl (C=O) groups is 2. The number of benzene rings is 1. The van der Waals surface area contributed by atoms with Crippen molar-refractivity contribution < 1.29 is 14.3 Å². The molecule has 0 aliphatic carbocycles. The summed E-state index contributed by atoms with van der Waals surface area (Å²) in [5.74, 6) is 0.354. The summed E-state index contributed by atoms with van der Waals surface area (Å²) in [6, 6.07) is 11.6. The molecule has 1 aromatic heterocycles. The quantitative estimate of drug-likeness (QED) is 0.850. The number of nitrogens with one attached hydrogen (secondary N) is 2. The molecule has 0 fully saturated rings. The van der Waals surface area contributed by atoms with Gasteiger partial charge in [-0.1, -0.05) is 30.3 Å². The number of ether oxygens (including phenoxy) is 1. The van der Waals surface area contributed by atoms with Crippen molar-refractivity contribution in [3.63, 3.8) is 0 Å². The third-order valence-corrected chi connectivity index (χ3v) is 4.22. The van der Waals surface area contributed by atoms with Gasteiger partial charge in [0.25, 0.3) is 0 Å². The second kappa shape index (κ2) is 8.44. The molecule has 2 N–H and O–H groups in total. The zero-order chi connectivity index (χ0) is 19.2. The summed E-state index contributed by atoms with van der Waals surface area (Å²) in [5.41, 5.74) is 3.40. The second-order valence-electron chi connectivity index (χ2n) is 6.22. The molecule has 0 unspecified atom stereocenters. The van der Waals surface area contributed by atoms with E-state index in [1.165, 1.54) is 0 Å². The van der Waals surface area contributed by atoms with Gasteiger partial charge in [0.2, 0.25) is 5.91 Å². The van der Waals surface area contributed by atoms with Crippen LogP contribution in [0.1, 0.15) is 42.3 Å². The highest BCUT2D eigenvalue weighted by Gasteiger charge is 2.20. The first-order chi connectivity index (χ1) is 13.1. The number of alkyl carbamates (subject to hydrolysis) is 1. The van der Waals surface area contributed by atoms with Crippen molar-refractivity contribution >= 4 is 17.8 Å². The molecule has 0 saturated heterocycles. The minimum Gasteiger partial charge on any atom is -0.450 e. The molecule has 1 aliphatic heterocycles. The number of pyridine rings is 1. The summed E-state index contributed by atoms with van der Waals surface area (Å²) >= 11 is 0. The van der Waals surface area contributed by atoms with Gasteiger partial charge in [-0.3, -0.25) is 20.1 Å². The molecule has 27 heavy (non-hydrogen) atoms. The van der Waals surface area contributed by atoms with Gasteiger partial charge >= 0.3 is 6.09 Å². The van der Waals surface area contributed by atoms with Crippen LogP contribution >= 0.6 is 0 Å². The Kier molecular flexibility index (Phi) is 5.80. The van der Waals surface area contributed by atoms with Crippen molar-refractivity contribution in [1.29, 1.82) is 0 Å². The van der Waals surface area contributed by atoms with Gasteiger partial charge in [0, 0.05) is 11.8 Å². The number of hydrogen-bond donors (Lipinski definition) is 2. The smallest absolute Gasteiger partial charge is 0.412 e. The van der Waals surface area contributed by atoms with Crippen LogP contribution in [0.25, 0.3) is 0 Å². The van der Waals surface area contributed by atoms with Gasteiger partial charge in [0.15, 0.2) is 0 Å². The van der Waals surface area contributed by atoms with Crippen LogP contribution in [0.4, 0.5) is 4.79 Å². The van der Waals surface area contributed by atoms with Crippen molar-refractivity contribution in [1.82, 2.24) is 15.6 Å². The molecule has 7 heteroatoms. The van der Waals surface area contributed by atoms with Gasteiger partial charge < -0.3 is 10.1 Å². The topological polar surface area (TPSA) is 92.7 Å². The number of amides is 2. The Balaban J connectivity index is 1.60. The number of aromatic nitrogens is 1. The van der Waals surface area contributed by atoms with Crippen LogP contribution in [0.2, 0.25) is 0 Å². The average molecular weight is 366 g/mol. The lowest BCUT2D eigenvalue weighted by Gasteiger charge is -2.14. The Morgan fingerprint density at radius 1 is 1.26 bits per heavy atom. The van der Waals surface area contributed by atoms with E-state index in [2.05, 4.69) is 20.6 Å². The highest BCUT2D eigenvalue weighted by molar-refractivity contribution is 6.08. The van der Waals surface area contributed by atoms with Crippen molar-refractivity contribution in [2.45, 2.75) is 32.9 Å². The molecule has 3 rings (SSSR count). The molecular weight excluding hydrogens is 344 g/mol. The fourth-order valence-electron chi connectivity index (χ4n) is 2.89. The maximum absolute atomic E-state index is 12.3. The monoisotopic (exact) mass is 366 g/mol. The van der Waals surface area contributed by atoms with Crippen LogP contribution in [0, 0.1) is 0 Å². The van der Waals surface area contributed by atoms with E-state index >= 15 is 0 Å². The summed E-state index contributed by atoms with van der Waals surface area (Å²) in [6.45, 7) is 4.42. The number of carbonyl (C=O) groups excluding carboxylic acids is 2. The maximum Gasteiger partial charge on any atom is 0.412 e. The van der Waals surface area contributed by atoms with Crippen LogP contribution in [-0.4, -0.2) is 29.4 Å². The second-order valence-corrected chi connectivity index (χ2v) is 6.22. The average Bonchev–Trinajstić information content (AvgIpc) is 3.04. The van der Waals surface area contributed by atoms with Gasteiger partial charge in [-0.25, -0.2) is 4.79 Å². The first kappa shape index (κ1) is 18.6. The van der Waals surface area contributed by atoms with Crippen LogP contribution < -0.4 is 10.6 Å². The molecule has 2 heterocycles. The molecule has 1 aromatic carbocycles. The number of amidine groups is 1. The van der Waals surface area contributed by atoms with E-state index in [4.69, 9.17) is 4.74 Å². The molecule has 0 spiro atoms. The minimum absolute atomic E-state index is 0.0724. The molecule has 0 radical (unpaired) electrons. The first-order valence-corrected chi connectivity index (χ1v) is 8.87. The Morgan fingerprint density at radius 3 is 2.78 bits per heavy atom. The molecular formula is C20H22N4O3. The number of nitrogens with zero attached hydrogens (tertiary/aromatic N) is 2. The lowest BCUT2D eigenvalue weighted by molar-refractivity contribution is -0.121. The Morgan fingerprint density at radius 2 is 2.04 bits per heavy atom. The highest BCUT2D eigenvalue weighted by Crippen LogP contribution is 2.18. The predicted octanol–water partition coefficient (Wildman–Crippen LogP) is 2.51. The highest BCUT2D eigenvalue weighted by atomic mass is 16.5. The summed E-state index contributed by atoms with van der Waals surface area (Å²) in [5, 5.41) is 5.59. The standard InChI is InChI=1S/C20H22N4O3/c1-3-27-20(26)24-19-17-12-21-16(9-15(17)11-22-19)10-18(25)23-13(2)14-7-5-4-6-8-14/h4-9,12-13H,3,10-11H2,1-2H3,(H,23,25)(H,22,24,26)/t13-/m1/s1. The van der Waals surface area contributed by atoms with Crippen LogP contribution in [-0.2, 0) is 22.5 Å². The maximum atomic E-state index is 12.3. The third-order valence-electron chi connectivity index (χ3n) is 4.22. The molecule has 7 nitrogen and oxygen atoms in total. The lowest BCUT2D eigenvalue weighted by atomic mass is 10.1. The normalized spacial score (nSPS) is 13.3. The van der Waals surface area contributed by atoms with Gasteiger partial charge in [-0.05, 0) is 31.0 Å². The summed E-state index contributed by atoms with van der Waals surface area (Å²) in [7, 11) is 0. The zero-order valence-electron chi connectivity index (χ0n) is 15.4. The number of aliphatic imine (C=N–C) groups is 1. The Hall–Kier alpha value is -3.22. The Bertz CT molecular complexity index is 865. The molecule has 2 aromatic rings. The van der Waals surface area contributed by atoms with Gasteiger partial charge in [0.1, 0.15) is 5.84 Å². The van der Waals surface area contributed by atoms with Gasteiger partial charge in [0.05, 0.1) is 31.3 Å². The summed E-state index contributed by atoms with van der Waals surface area (Å²) in [6.07, 6.45) is 1.28. The van der Waals surface area contributed by atoms with Crippen molar-refractivity contribution in [2.24, 2.45) is 4.99 Å². The van der Waals surface area contributed by atoms with E-state index in [0.717, 1.165) is 16.7 Å². The summed E-state index contributed by atoms with van der Waals surface area (Å²) < 4.78 is 4.86. The van der Waals surface area contributed by atoms with Crippen LogP contribution in [0.5, 0.6) is 0 Å². The first-order valence-electron chi connectivity index (χ1n) is 8.87. The summed E-state index contributed by atoms with van der Waals surface area (Å²) in [4.78, 5) is 32.5. The van der Waals surface area contributed by atoms with E-state index in [1.807, 2.05) is 43.3 Å². The number of hydrogen-bond acceptors (Lipinski definition) is 5. The van der Waals surface area contributed by atoms with E-state index in [9.17, 15) is 9.59 Å². The van der Waals surface area contributed by atoms with E-state index in [0.29, 0.717) is 24.7 Å². The molecule has 0 bridgehead atoms. The fraction of sp³-hybridized carbons (Fsp3) is 0.300. The number of fused-ring (bicyclic) bond motifs is 1. The van der Waals surface area contributed by atoms with Gasteiger partial charge in [-0.15, -0.1) is 0 Å². The van der Waals surface area contributed by atoms with Crippen LogP contribution in [0.3, 0.4) is 0 Å². The minimum atomic E-state index is -0.539. The number of rotatable bonds is 5. The molecule has 0 saturated carbocycles. The van der Waals surface area contributed by atoms with Crippen molar-refractivity contribution in [3.8, 4) is 0 Å². The third kappa shape index (κ3) is 4.69. The van der Waals surface area contributed by atoms with Gasteiger partial charge in [-0.2, -0.15) is 0 Å². The van der Waals surface area contributed by atoms with E-state index < -0.39 is 6.09 Å². The Labute approximate surface area is 157 Å². The fourth-order valence-corrected chi connectivity index (χ4v) is 2.89. The molecule has 2 amide bonds. The molecule has 1 aliphatic rings. The SMILES string of the molecule is CCOC(=O)NC1=NCc2cc(CC(=O)N[C@H](C)c3ccccc3)ncc21. The lowest BCUT2D eigenvalue weighted by Crippen LogP contribution is -2.31. The van der Waals surface area contributed by atoms with E-state index in [1.54, 1.807) is 13.1 Å².